The number of hydrogen-bond acceptors (Lipinski definition) is 2. The Morgan fingerprint density at radius 1 is 0.962 bits per heavy atom. The lowest BCUT2D eigenvalue weighted by Gasteiger charge is -2.15. The van der Waals surface area contributed by atoms with E-state index in [-0.39, 0.29) is 6.04 Å². The van der Waals surface area contributed by atoms with Crippen molar-refractivity contribution in [2.75, 3.05) is 6.54 Å². The second-order valence-corrected chi connectivity index (χ2v) is 6.20. The first-order chi connectivity index (χ1) is 12.8. The van der Waals surface area contributed by atoms with Crippen molar-refractivity contribution in [2.45, 2.75) is 19.1 Å². The minimum absolute atomic E-state index is 0.244. The summed E-state index contributed by atoms with van der Waals surface area (Å²) in [6.07, 6.45) is 3.02. The van der Waals surface area contributed by atoms with Gasteiger partial charge in [0.2, 0.25) is 0 Å². The van der Waals surface area contributed by atoms with Crippen LogP contribution < -0.4 is 5.32 Å². The lowest BCUT2D eigenvalue weighted by Crippen LogP contribution is -2.18. The Balaban J connectivity index is 1.55. The molecule has 0 heterocycles. The molecule has 0 radical (unpaired) electrons. The summed E-state index contributed by atoms with van der Waals surface area (Å²) in [7, 11) is 0. The Kier molecular flexibility index (Phi) is 6.22. The van der Waals surface area contributed by atoms with Gasteiger partial charge in [-0.1, -0.05) is 90.7 Å². The van der Waals surface area contributed by atoms with Crippen LogP contribution in [0, 0.1) is 11.8 Å². The van der Waals surface area contributed by atoms with E-state index in [1.807, 2.05) is 36.4 Å². The van der Waals surface area contributed by atoms with E-state index in [2.05, 4.69) is 66.5 Å². The summed E-state index contributed by atoms with van der Waals surface area (Å²) in [5.74, 6) is 5.74. The summed E-state index contributed by atoms with van der Waals surface area (Å²) in [5.41, 5.74) is 2.11. The SMILES string of the molecule is C[C@@H](NCC=CC#CC(O)c1ccccc1)c1cccc2ccccc12. The van der Waals surface area contributed by atoms with Crippen LogP contribution in [0.5, 0.6) is 0 Å². The van der Waals surface area contributed by atoms with Crippen molar-refractivity contribution in [1.82, 2.24) is 5.32 Å². The van der Waals surface area contributed by atoms with Crippen LogP contribution in [0.3, 0.4) is 0 Å². The van der Waals surface area contributed by atoms with E-state index >= 15 is 0 Å². The van der Waals surface area contributed by atoms with Crippen molar-refractivity contribution in [3.63, 3.8) is 0 Å². The van der Waals surface area contributed by atoms with E-state index < -0.39 is 6.10 Å². The van der Waals surface area contributed by atoms with E-state index in [9.17, 15) is 5.11 Å². The fourth-order valence-corrected chi connectivity index (χ4v) is 2.95. The molecular weight excluding hydrogens is 318 g/mol. The molecule has 2 heteroatoms. The molecule has 1 unspecified atom stereocenters. The Labute approximate surface area is 155 Å². The van der Waals surface area contributed by atoms with Crippen molar-refractivity contribution >= 4 is 10.8 Å². The van der Waals surface area contributed by atoms with E-state index in [4.69, 9.17) is 0 Å². The molecule has 0 amide bonds. The second-order valence-electron chi connectivity index (χ2n) is 6.20. The summed E-state index contributed by atoms with van der Waals surface area (Å²) in [6, 6.07) is 24.5. The molecule has 26 heavy (non-hydrogen) atoms. The van der Waals surface area contributed by atoms with Crippen LogP contribution >= 0.6 is 0 Å². The molecule has 3 rings (SSSR count). The number of allylic oxidation sites excluding steroid dienone is 1. The van der Waals surface area contributed by atoms with Crippen molar-refractivity contribution in [3.8, 4) is 11.8 Å². The zero-order valence-electron chi connectivity index (χ0n) is 14.9. The molecule has 0 aliphatic rings. The molecule has 2 N–H and O–H groups in total. The summed E-state index contributed by atoms with van der Waals surface area (Å²) in [6.45, 7) is 2.89. The summed E-state index contributed by atoms with van der Waals surface area (Å²) in [4.78, 5) is 0. The van der Waals surface area contributed by atoms with Crippen LogP contribution in [0.1, 0.15) is 30.2 Å². The molecule has 0 fully saturated rings. The second kappa shape index (κ2) is 9.01. The maximum Gasteiger partial charge on any atom is 0.140 e. The number of nitrogens with one attached hydrogen (secondary N) is 1. The topological polar surface area (TPSA) is 32.3 Å². The predicted molar refractivity (Wildman–Crippen MR) is 109 cm³/mol. The Bertz CT molecular complexity index is 929. The lowest BCUT2D eigenvalue weighted by molar-refractivity contribution is 0.238. The summed E-state index contributed by atoms with van der Waals surface area (Å²) in [5, 5.41) is 16.0. The van der Waals surface area contributed by atoms with Gasteiger partial charge in [-0.25, -0.2) is 0 Å². The predicted octanol–water partition coefficient (Wildman–Crippen LogP) is 4.78. The zero-order chi connectivity index (χ0) is 18.2. The van der Waals surface area contributed by atoms with Gasteiger partial charge in [0.15, 0.2) is 0 Å². The van der Waals surface area contributed by atoms with Crippen LogP contribution in [0.2, 0.25) is 0 Å². The molecule has 2 atom stereocenters. The molecule has 0 saturated carbocycles. The summed E-state index contributed by atoms with van der Waals surface area (Å²) < 4.78 is 0. The maximum absolute atomic E-state index is 9.99. The van der Waals surface area contributed by atoms with Crippen molar-refractivity contribution in [3.05, 3.63) is 96.1 Å². The molecule has 3 aromatic rings. The van der Waals surface area contributed by atoms with Crippen LogP contribution in [-0.4, -0.2) is 11.7 Å². The Morgan fingerprint density at radius 2 is 1.69 bits per heavy atom. The molecule has 0 saturated heterocycles. The molecular formula is C24H23NO. The highest BCUT2D eigenvalue weighted by Gasteiger charge is 2.07. The highest BCUT2D eigenvalue weighted by Crippen LogP contribution is 2.23. The minimum Gasteiger partial charge on any atom is -0.376 e. The van der Waals surface area contributed by atoms with E-state index in [1.54, 1.807) is 6.08 Å². The highest BCUT2D eigenvalue weighted by molar-refractivity contribution is 5.86. The monoisotopic (exact) mass is 341 g/mol. The number of rotatable bonds is 5. The van der Waals surface area contributed by atoms with Gasteiger partial charge in [-0.15, -0.1) is 0 Å². The standard InChI is InChI=1S/C24H23NO/c1-19(22-16-10-14-20-11-7-8-15-23(20)22)25-18-9-3-6-17-24(26)21-12-4-2-5-13-21/h2-5,7-16,19,24-26H,18H2,1H3/t19-,24?/m1/s1. The Hall–Kier alpha value is -2.86. The molecule has 0 aromatic heterocycles. The van der Waals surface area contributed by atoms with Crippen molar-refractivity contribution < 1.29 is 5.11 Å². The van der Waals surface area contributed by atoms with Crippen LogP contribution in [0.15, 0.2) is 84.9 Å². The number of benzene rings is 3. The zero-order valence-corrected chi connectivity index (χ0v) is 14.9. The highest BCUT2D eigenvalue weighted by atomic mass is 16.3. The third-order valence-corrected chi connectivity index (χ3v) is 4.37. The summed E-state index contributed by atoms with van der Waals surface area (Å²) >= 11 is 0. The molecule has 0 aliphatic heterocycles. The number of aliphatic hydroxyl groups excluding tert-OH is 1. The number of hydrogen-bond donors (Lipinski definition) is 2. The lowest BCUT2D eigenvalue weighted by atomic mass is 10.00. The average molecular weight is 341 g/mol. The largest absolute Gasteiger partial charge is 0.376 e. The molecule has 0 bridgehead atoms. The minimum atomic E-state index is -0.747. The van der Waals surface area contributed by atoms with E-state index in [0.29, 0.717) is 0 Å². The molecule has 2 nitrogen and oxygen atoms in total. The first kappa shape index (κ1) is 17.9. The van der Waals surface area contributed by atoms with E-state index in [0.717, 1.165) is 12.1 Å². The van der Waals surface area contributed by atoms with Gasteiger partial charge in [0.25, 0.3) is 0 Å². The van der Waals surface area contributed by atoms with Gasteiger partial charge >= 0.3 is 0 Å². The average Bonchev–Trinajstić information content (AvgIpc) is 2.70. The number of aliphatic hydroxyl groups is 1. The third-order valence-electron chi connectivity index (χ3n) is 4.37. The fraction of sp³-hybridized carbons (Fsp3) is 0.167. The quantitative estimate of drug-likeness (QED) is 0.654. The van der Waals surface area contributed by atoms with Gasteiger partial charge in [-0.3, -0.25) is 0 Å². The Morgan fingerprint density at radius 3 is 2.54 bits per heavy atom. The van der Waals surface area contributed by atoms with Gasteiger partial charge in [-0.2, -0.15) is 0 Å². The molecule has 3 aromatic carbocycles. The van der Waals surface area contributed by atoms with E-state index in [1.165, 1.54) is 16.3 Å². The smallest absolute Gasteiger partial charge is 0.140 e. The van der Waals surface area contributed by atoms with Gasteiger partial charge in [0, 0.05) is 12.6 Å². The van der Waals surface area contributed by atoms with Gasteiger partial charge in [0.1, 0.15) is 6.10 Å². The van der Waals surface area contributed by atoms with Gasteiger partial charge in [-0.05, 0) is 34.9 Å². The first-order valence-corrected chi connectivity index (χ1v) is 8.86. The van der Waals surface area contributed by atoms with Crippen molar-refractivity contribution in [2.24, 2.45) is 0 Å². The fourth-order valence-electron chi connectivity index (χ4n) is 2.95. The molecule has 130 valence electrons. The molecule has 0 spiro atoms. The number of fused-ring (bicyclic) bond motifs is 1. The third kappa shape index (κ3) is 4.61. The van der Waals surface area contributed by atoms with Crippen molar-refractivity contribution in [1.29, 1.82) is 0 Å². The normalized spacial score (nSPS) is 13.3. The van der Waals surface area contributed by atoms with Crippen LogP contribution in [-0.2, 0) is 0 Å². The first-order valence-electron chi connectivity index (χ1n) is 8.86. The van der Waals surface area contributed by atoms with Gasteiger partial charge in [0.05, 0.1) is 0 Å². The maximum atomic E-state index is 9.99. The van der Waals surface area contributed by atoms with Crippen LogP contribution in [0.4, 0.5) is 0 Å². The van der Waals surface area contributed by atoms with Crippen LogP contribution in [0.25, 0.3) is 10.8 Å². The van der Waals surface area contributed by atoms with Gasteiger partial charge < -0.3 is 10.4 Å². The molecule has 0 aliphatic carbocycles.